The van der Waals surface area contributed by atoms with E-state index in [1.807, 2.05) is 24.3 Å². The molecule has 0 atom stereocenters. The summed E-state index contributed by atoms with van der Waals surface area (Å²) in [7, 11) is 0. The maximum atomic E-state index is 11.9. The van der Waals surface area contributed by atoms with Crippen molar-refractivity contribution in [2.75, 3.05) is 5.32 Å². The second kappa shape index (κ2) is 5.59. The fourth-order valence-electron chi connectivity index (χ4n) is 1.30. The molecular formula is C12H8BrIN2O. The average molecular weight is 403 g/mol. The van der Waals surface area contributed by atoms with Gasteiger partial charge in [-0.1, -0.05) is 12.1 Å². The Kier molecular flexibility index (Phi) is 4.11. The molecule has 1 aromatic heterocycles. The van der Waals surface area contributed by atoms with E-state index in [1.165, 1.54) is 0 Å². The molecule has 0 bridgehead atoms. The van der Waals surface area contributed by atoms with Gasteiger partial charge in [0, 0.05) is 9.13 Å². The number of aromatic nitrogens is 1. The number of nitrogens with one attached hydrogen (secondary N) is 1. The van der Waals surface area contributed by atoms with E-state index in [2.05, 4.69) is 48.8 Å². The van der Waals surface area contributed by atoms with Gasteiger partial charge in [0.2, 0.25) is 0 Å². The number of halogens is 2. The summed E-state index contributed by atoms with van der Waals surface area (Å²) < 4.78 is 1.72. The smallest absolute Gasteiger partial charge is 0.256 e. The fourth-order valence-corrected chi connectivity index (χ4v) is 2.18. The summed E-state index contributed by atoms with van der Waals surface area (Å²) >= 11 is 5.43. The van der Waals surface area contributed by atoms with Crippen molar-refractivity contribution < 1.29 is 4.79 Å². The number of anilines is 1. The van der Waals surface area contributed by atoms with Crippen molar-refractivity contribution in [1.29, 1.82) is 0 Å². The SMILES string of the molecule is O=C(Nc1cccc(Br)n1)c1cccc(I)c1. The molecule has 0 saturated heterocycles. The molecule has 0 aliphatic heterocycles. The minimum absolute atomic E-state index is 0.158. The van der Waals surface area contributed by atoms with Crippen molar-refractivity contribution in [2.45, 2.75) is 0 Å². The molecule has 1 N–H and O–H groups in total. The molecule has 2 rings (SSSR count). The highest BCUT2D eigenvalue weighted by Crippen LogP contribution is 2.13. The van der Waals surface area contributed by atoms with Gasteiger partial charge in [-0.2, -0.15) is 0 Å². The lowest BCUT2D eigenvalue weighted by atomic mass is 10.2. The van der Waals surface area contributed by atoms with Gasteiger partial charge in [-0.25, -0.2) is 4.98 Å². The number of carbonyl (C=O) groups is 1. The summed E-state index contributed by atoms with van der Waals surface area (Å²) in [6, 6.07) is 12.8. The molecule has 1 amide bonds. The summed E-state index contributed by atoms with van der Waals surface area (Å²) in [6.07, 6.45) is 0. The number of carbonyl (C=O) groups excluding carboxylic acids is 1. The van der Waals surface area contributed by atoms with E-state index >= 15 is 0 Å². The van der Waals surface area contributed by atoms with Gasteiger partial charge in [0.1, 0.15) is 10.4 Å². The van der Waals surface area contributed by atoms with E-state index in [1.54, 1.807) is 18.2 Å². The van der Waals surface area contributed by atoms with Gasteiger partial charge in [0.15, 0.2) is 0 Å². The molecule has 86 valence electrons. The summed E-state index contributed by atoms with van der Waals surface area (Å²) in [5.41, 5.74) is 0.624. The van der Waals surface area contributed by atoms with Crippen molar-refractivity contribution in [3.05, 3.63) is 56.2 Å². The Hall–Kier alpha value is -0.950. The zero-order chi connectivity index (χ0) is 12.3. The Labute approximate surface area is 121 Å². The Morgan fingerprint density at radius 2 is 2.00 bits per heavy atom. The Morgan fingerprint density at radius 1 is 1.24 bits per heavy atom. The van der Waals surface area contributed by atoms with Crippen molar-refractivity contribution in [3.8, 4) is 0 Å². The third-order valence-electron chi connectivity index (χ3n) is 2.04. The number of nitrogens with zero attached hydrogens (tertiary/aromatic N) is 1. The first-order valence-electron chi connectivity index (χ1n) is 4.84. The Balaban J connectivity index is 2.17. The average Bonchev–Trinajstić information content (AvgIpc) is 2.29. The van der Waals surface area contributed by atoms with Gasteiger partial charge in [-0.15, -0.1) is 0 Å². The van der Waals surface area contributed by atoms with Gasteiger partial charge in [0.25, 0.3) is 5.91 Å². The van der Waals surface area contributed by atoms with Gasteiger partial charge in [-0.05, 0) is 68.9 Å². The first kappa shape index (κ1) is 12.5. The molecule has 5 heteroatoms. The van der Waals surface area contributed by atoms with Gasteiger partial charge < -0.3 is 5.32 Å². The summed E-state index contributed by atoms with van der Waals surface area (Å²) in [5.74, 6) is 0.373. The predicted octanol–water partition coefficient (Wildman–Crippen LogP) is 3.70. The van der Waals surface area contributed by atoms with E-state index in [9.17, 15) is 4.79 Å². The third kappa shape index (κ3) is 3.50. The van der Waals surface area contributed by atoms with E-state index in [-0.39, 0.29) is 5.91 Å². The highest BCUT2D eigenvalue weighted by atomic mass is 127. The standard InChI is InChI=1S/C12H8BrIN2O/c13-10-5-2-6-11(15-10)16-12(17)8-3-1-4-9(14)7-8/h1-7H,(H,15,16,17). The van der Waals surface area contributed by atoms with Crippen LogP contribution >= 0.6 is 38.5 Å². The zero-order valence-corrected chi connectivity index (χ0v) is 12.4. The first-order valence-corrected chi connectivity index (χ1v) is 6.72. The molecule has 2 aromatic rings. The molecule has 0 spiro atoms. The van der Waals surface area contributed by atoms with Gasteiger partial charge in [-0.3, -0.25) is 4.79 Å². The molecule has 17 heavy (non-hydrogen) atoms. The fraction of sp³-hybridized carbons (Fsp3) is 0. The lowest BCUT2D eigenvalue weighted by molar-refractivity contribution is 0.102. The van der Waals surface area contributed by atoms with Gasteiger partial charge >= 0.3 is 0 Å². The van der Waals surface area contributed by atoms with Crippen LogP contribution in [0.2, 0.25) is 0 Å². The van der Waals surface area contributed by atoms with Crippen LogP contribution in [-0.4, -0.2) is 10.9 Å². The van der Waals surface area contributed by atoms with Gasteiger partial charge in [0.05, 0.1) is 0 Å². The van der Waals surface area contributed by atoms with Crippen LogP contribution in [0.4, 0.5) is 5.82 Å². The maximum absolute atomic E-state index is 11.9. The molecule has 1 heterocycles. The molecule has 0 radical (unpaired) electrons. The minimum atomic E-state index is -0.158. The van der Waals surface area contributed by atoms with Crippen LogP contribution in [0.5, 0.6) is 0 Å². The van der Waals surface area contributed by atoms with Crippen LogP contribution in [0, 0.1) is 3.57 Å². The summed E-state index contributed by atoms with van der Waals surface area (Å²) in [4.78, 5) is 16.1. The second-order valence-electron chi connectivity index (χ2n) is 3.31. The molecule has 0 fully saturated rings. The van der Waals surface area contributed by atoms with Crippen LogP contribution in [-0.2, 0) is 0 Å². The zero-order valence-electron chi connectivity index (χ0n) is 8.65. The molecule has 0 aliphatic rings. The van der Waals surface area contributed by atoms with Crippen molar-refractivity contribution >= 4 is 50.2 Å². The summed E-state index contributed by atoms with van der Waals surface area (Å²) in [5, 5.41) is 2.74. The van der Waals surface area contributed by atoms with E-state index < -0.39 is 0 Å². The van der Waals surface area contributed by atoms with Crippen molar-refractivity contribution in [2.24, 2.45) is 0 Å². The highest BCUT2D eigenvalue weighted by molar-refractivity contribution is 14.1. The second-order valence-corrected chi connectivity index (χ2v) is 5.37. The van der Waals surface area contributed by atoms with Crippen LogP contribution < -0.4 is 5.32 Å². The lowest BCUT2D eigenvalue weighted by Crippen LogP contribution is -2.12. The normalized spacial score (nSPS) is 10.0. The van der Waals surface area contributed by atoms with Crippen LogP contribution in [0.15, 0.2) is 47.1 Å². The van der Waals surface area contributed by atoms with E-state index in [4.69, 9.17) is 0 Å². The lowest BCUT2D eigenvalue weighted by Gasteiger charge is -2.04. The molecular weight excluding hydrogens is 395 g/mol. The third-order valence-corrected chi connectivity index (χ3v) is 3.16. The number of amides is 1. The van der Waals surface area contributed by atoms with Crippen LogP contribution in [0.3, 0.4) is 0 Å². The predicted molar refractivity (Wildman–Crippen MR) is 79.0 cm³/mol. The highest BCUT2D eigenvalue weighted by Gasteiger charge is 2.06. The largest absolute Gasteiger partial charge is 0.307 e. The molecule has 1 aromatic carbocycles. The maximum Gasteiger partial charge on any atom is 0.256 e. The molecule has 0 unspecified atom stereocenters. The molecule has 0 saturated carbocycles. The Morgan fingerprint density at radius 3 is 2.71 bits per heavy atom. The number of benzene rings is 1. The number of hydrogen-bond acceptors (Lipinski definition) is 2. The monoisotopic (exact) mass is 402 g/mol. The van der Waals surface area contributed by atoms with Crippen molar-refractivity contribution in [3.63, 3.8) is 0 Å². The van der Waals surface area contributed by atoms with E-state index in [0.717, 1.165) is 3.57 Å². The van der Waals surface area contributed by atoms with Crippen LogP contribution in [0.25, 0.3) is 0 Å². The molecule has 3 nitrogen and oxygen atoms in total. The van der Waals surface area contributed by atoms with Crippen LogP contribution in [0.1, 0.15) is 10.4 Å². The van der Waals surface area contributed by atoms with E-state index in [0.29, 0.717) is 16.0 Å². The van der Waals surface area contributed by atoms with Crippen molar-refractivity contribution in [1.82, 2.24) is 4.98 Å². The quantitative estimate of drug-likeness (QED) is 0.614. The minimum Gasteiger partial charge on any atom is -0.307 e. The summed E-state index contributed by atoms with van der Waals surface area (Å²) in [6.45, 7) is 0. The number of hydrogen-bond donors (Lipinski definition) is 1. The number of pyridine rings is 1. The first-order chi connectivity index (χ1) is 8.15. The Bertz CT molecular complexity index is 560. The molecule has 0 aliphatic carbocycles. The number of rotatable bonds is 2. The topological polar surface area (TPSA) is 42.0 Å².